The Hall–Kier alpha value is -2.70. The lowest BCUT2D eigenvalue weighted by Crippen LogP contribution is -2.19. The fourth-order valence-electron chi connectivity index (χ4n) is 3.61. The Morgan fingerprint density at radius 3 is 2.81 bits per heavy atom. The molecule has 3 aromatic heterocycles. The van der Waals surface area contributed by atoms with E-state index in [0.29, 0.717) is 0 Å². The van der Waals surface area contributed by atoms with E-state index >= 15 is 0 Å². The molecule has 0 saturated heterocycles. The van der Waals surface area contributed by atoms with Crippen molar-refractivity contribution in [2.75, 3.05) is 6.54 Å². The van der Waals surface area contributed by atoms with E-state index in [1.165, 1.54) is 22.8 Å². The molecule has 6 heteroatoms. The quantitative estimate of drug-likeness (QED) is 0.528. The molecule has 0 saturated carbocycles. The molecule has 0 bridgehead atoms. The average molecular weight is 376 g/mol. The van der Waals surface area contributed by atoms with Gasteiger partial charge in [0.05, 0.1) is 20.9 Å². The van der Waals surface area contributed by atoms with Crippen LogP contribution in [-0.4, -0.2) is 26.4 Å². The van der Waals surface area contributed by atoms with Gasteiger partial charge < -0.3 is 0 Å². The van der Waals surface area contributed by atoms with E-state index in [-0.39, 0.29) is 5.82 Å². The van der Waals surface area contributed by atoms with E-state index in [9.17, 15) is 4.39 Å². The SMILES string of the molecule is Fc1ccc2nc(CCN3Cc4nccc(-c5ccncc5)c4C3)sc2c1. The molecule has 1 aliphatic heterocycles. The molecule has 0 N–H and O–H groups in total. The Morgan fingerprint density at radius 2 is 1.93 bits per heavy atom. The number of aromatic nitrogens is 3. The Balaban J connectivity index is 1.32. The van der Waals surface area contributed by atoms with Gasteiger partial charge in [-0.2, -0.15) is 0 Å². The van der Waals surface area contributed by atoms with Crippen LogP contribution >= 0.6 is 11.3 Å². The number of rotatable bonds is 4. The third-order valence-electron chi connectivity index (χ3n) is 4.93. The van der Waals surface area contributed by atoms with Crippen LogP contribution in [0.1, 0.15) is 16.3 Å². The van der Waals surface area contributed by atoms with Crippen molar-refractivity contribution < 1.29 is 4.39 Å². The highest BCUT2D eigenvalue weighted by Crippen LogP contribution is 2.31. The van der Waals surface area contributed by atoms with Gasteiger partial charge >= 0.3 is 0 Å². The van der Waals surface area contributed by atoms with Crippen LogP contribution in [0.4, 0.5) is 4.39 Å². The number of hydrogen-bond donors (Lipinski definition) is 0. The lowest BCUT2D eigenvalue weighted by Gasteiger charge is -2.13. The van der Waals surface area contributed by atoms with Gasteiger partial charge in [0.25, 0.3) is 0 Å². The van der Waals surface area contributed by atoms with Crippen LogP contribution in [-0.2, 0) is 19.5 Å². The minimum absolute atomic E-state index is 0.206. The lowest BCUT2D eigenvalue weighted by atomic mass is 10.0. The summed E-state index contributed by atoms with van der Waals surface area (Å²) in [6.07, 6.45) is 6.40. The van der Waals surface area contributed by atoms with Crippen molar-refractivity contribution in [3.63, 3.8) is 0 Å². The van der Waals surface area contributed by atoms with Crippen LogP contribution in [0, 0.1) is 5.82 Å². The number of benzene rings is 1. The Labute approximate surface area is 160 Å². The minimum atomic E-state index is -0.206. The maximum atomic E-state index is 13.4. The fraction of sp³-hybridized carbons (Fsp3) is 0.190. The number of halogens is 1. The minimum Gasteiger partial charge on any atom is -0.293 e. The molecule has 27 heavy (non-hydrogen) atoms. The Morgan fingerprint density at radius 1 is 1.04 bits per heavy atom. The van der Waals surface area contributed by atoms with Gasteiger partial charge in [-0.25, -0.2) is 9.37 Å². The molecule has 4 nitrogen and oxygen atoms in total. The molecular formula is C21H17FN4S. The van der Waals surface area contributed by atoms with Crippen molar-refractivity contribution in [1.82, 2.24) is 19.9 Å². The van der Waals surface area contributed by atoms with Gasteiger partial charge in [-0.3, -0.25) is 14.9 Å². The summed E-state index contributed by atoms with van der Waals surface area (Å²) in [5.74, 6) is -0.206. The molecule has 1 aromatic carbocycles. The Kier molecular flexibility index (Phi) is 4.14. The van der Waals surface area contributed by atoms with Gasteiger partial charge in [0.15, 0.2) is 0 Å². The summed E-state index contributed by atoms with van der Waals surface area (Å²) in [5, 5.41) is 1.05. The smallest absolute Gasteiger partial charge is 0.124 e. The maximum Gasteiger partial charge on any atom is 0.124 e. The van der Waals surface area contributed by atoms with Gasteiger partial charge in [-0.15, -0.1) is 11.3 Å². The van der Waals surface area contributed by atoms with Crippen LogP contribution < -0.4 is 0 Å². The standard InChI is InChI=1S/C21H17FN4S/c22-15-1-2-18-20(11-15)27-21(25-18)6-10-26-12-17-16(5-9-24-19(17)13-26)14-3-7-23-8-4-14/h1-5,7-9,11H,6,10,12-13H2. The summed E-state index contributed by atoms with van der Waals surface area (Å²) < 4.78 is 14.3. The number of hydrogen-bond acceptors (Lipinski definition) is 5. The van der Waals surface area contributed by atoms with Crippen LogP contribution in [0.5, 0.6) is 0 Å². The molecule has 134 valence electrons. The normalized spacial score (nSPS) is 14.0. The first-order chi connectivity index (χ1) is 13.3. The van der Waals surface area contributed by atoms with E-state index in [1.807, 2.05) is 30.7 Å². The summed E-state index contributed by atoms with van der Waals surface area (Å²) >= 11 is 1.58. The molecule has 4 aromatic rings. The molecule has 0 spiro atoms. The maximum absolute atomic E-state index is 13.4. The summed E-state index contributed by atoms with van der Waals surface area (Å²) in [6.45, 7) is 2.66. The van der Waals surface area contributed by atoms with Gasteiger partial charge in [0.1, 0.15) is 5.82 Å². The van der Waals surface area contributed by atoms with Gasteiger partial charge in [0, 0.05) is 44.6 Å². The predicted octanol–water partition coefficient (Wildman–Crippen LogP) is 4.45. The first kappa shape index (κ1) is 16.5. The highest BCUT2D eigenvalue weighted by Gasteiger charge is 2.23. The third-order valence-corrected chi connectivity index (χ3v) is 6.01. The average Bonchev–Trinajstić information content (AvgIpc) is 3.29. The largest absolute Gasteiger partial charge is 0.293 e. The molecule has 1 aliphatic rings. The Bertz CT molecular complexity index is 1110. The number of fused-ring (bicyclic) bond motifs is 2. The summed E-state index contributed by atoms with van der Waals surface area (Å²) in [5.41, 5.74) is 5.74. The zero-order valence-corrected chi connectivity index (χ0v) is 15.4. The molecule has 0 fully saturated rings. The predicted molar refractivity (Wildman–Crippen MR) is 105 cm³/mol. The molecule has 0 amide bonds. The molecule has 0 radical (unpaired) electrons. The van der Waals surface area contributed by atoms with E-state index in [0.717, 1.165) is 47.0 Å². The van der Waals surface area contributed by atoms with Crippen molar-refractivity contribution >= 4 is 21.6 Å². The molecule has 0 unspecified atom stereocenters. The first-order valence-corrected chi connectivity index (χ1v) is 9.72. The van der Waals surface area contributed by atoms with Gasteiger partial charge in [-0.05, 0) is 53.1 Å². The number of thiazole rings is 1. The van der Waals surface area contributed by atoms with E-state index in [2.05, 4.69) is 25.9 Å². The second-order valence-electron chi connectivity index (χ2n) is 6.70. The highest BCUT2D eigenvalue weighted by molar-refractivity contribution is 7.18. The summed E-state index contributed by atoms with van der Waals surface area (Å²) in [7, 11) is 0. The highest BCUT2D eigenvalue weighted by atomic mass is 32.1. The van der Waals surface area contributed by atoms with Crippen molar-refractivity contribution in [3.05, 3.63) is 77.1 Å². The van der Waals surface area contributed by atoms with Gasteiger partial charge in [-0.1, -0.05) is 0 Å². The molecule has 0 aliphatic carbocycles. The zero-order valence-electron chi connectivity index (χ0n) is 14.6. The topological polar surface area (TPSA) is 41.9 Å². The van der Waals surface area contributed by atoms with Crippen molar-refractivity contribution in [1.29, 1.82) is 0 Å². The van der Waals surface area contributed by atoms with Crippen LogP contribution in [0.3, 0.4) is 0 Å². The fourth-order valence-corrected chi connectivity index (χ4v) is 4.59. The van der Waals surface area contributed by atoms with Gasteiger partial charge in [0.2, 0.25) is 0 Å². The van der Waals surface area contributed by atoms with E-state index in [1.54, 1.807) is 23.5 Å². The molecule has 4 heterocycles. The van der Waals surface area contributed by atoms with E-state index in [4.69, 9.17) is 0 Å². The second-order valence-corrected chi connectivity index (χ2v) is 7.82. The van der Waals surface area contributed by atoms with Crippen LogP contribution in [0.15, 0.2) is 55.0 Å². The van der Waals surface area contributed by atoms with Crippen molar-refractivity contribution in [3.8, 4) is 11.1 Å². The molecular weight excluding hydrogens is 359 g/mol. The number of nitrogens with zero attached hydrogens (tertiary/aromatic N) is 4. The number of pyridine rings is 2. The molecule has 0 atom stereocenters. The van der Waals surface area contributed by atoms with Crippen LogP contribution in [0.25, 0.3) is 21.3 Å². The monoisotopic (exact) mass is 376 g/mol. The zero-order chi connectivity index (χ0) is 18.2. The lowest BCUT2D eigenvalue weighted by molar-refractivity contribution is 0.286. The third kappa shape index (κ3) is 3.22. The first-order valence-electron chi connectivity index (χ1n) is 8.91. The summed E-state index contributed by atoms with van der Waals surface area (Å²) in [6, 6.07) is 10.9. The summed E-state index contributed by atoms with van der Waals surface area (Å²) in [4.78, 5) is 15.7. The molecule has 5 rings (SSSR count). The van der Waals surface area contributed by atoms with Crippen molar-refractivity contribution in [2.24, 2.45) is 0 Å². The van der Waals surface area contributed by atoms with E-state index < -0.39 is 0 Å². The second kappa shape index (κ2) is 6.79. The van der Waals surface area contributed by atoms with Crippen LogP contribution in [0.2, 0.25) is 0 Å². The van der Waals surface area contributed by atoms with Crippen molar-refractivity contribution in [2.45, 2.75) is 19.5 Å².